The first kappa shape index (κ1) is 21.1. The Kier molecular flexibility index (Phi) is 6.51. The average molecular weight is 407 g/mol. The molecular weight excluding hydrogens is 382 g/mol. The van der Waals surface area contributed by atoms with E-state index < -0.39 is 0 Å². The third kappa shape index (κ3) is 4.68. The number of nitrogens with zero attached hydrogens (tertiary/aromatic N) is 2. The van der Waals surface area contributed by atoms with Crippen LogP contribution in [-0.2, 0) is 16.1 Å². The van der Waals surface area contributed by atoms with Gasteiger partial charge in [-0.05, 0) is 29.2 Å². The minimum absolute atomic E-state index is 0.0576. The smallest absolute Gasteiger partial charge is 0.306 e. The van der Waals surface area contributed by atoms with Crippen LogP contribution in [0.15, 0.2) is 59.7 Å². The Morgan fingerprint density at radius 3 is 2.57 bits per heavy atom. The van der Waals surface area contributed by atoms with E-state index in [-0.39, 0.29) is 17.4 Å². The van der Waals surface area contributed by atoms with Gasteiger partial charge >= 0.3 is 5.97 Å². The Bertz CT molecular complexity index is 1090. The van der Waals surface area contributed by atoms with Crippen LogP contribution in [0.3, 0.4) is 0 Å². The number of anilines is 1. The Hall–Kier alpha value is -3.61. The van der Waals surface area contributed by atoms with Crippen LogP contribution in [0.5, 0.6) is 5.75 Å². The third-order valence-corrected chi connectivity index (χ3v) is 5.02. The number of ether oxygens (including phenoxy) is 2. The van der Waals surface area contributed by atoms with Gasteiger partial charge in [0.05, 0.1) is 32.9 Å². The monoisotopic (exact) mass is 407 g/mol. The standard InChI is InChI=1S/C23H25N3O4/c1-15(12-21(27)30-3)17-6-4-16(5-7-17)14-26-11-10-25-22(23(26)28)18-8-9-19(24)20(13-18)29-2/h4-11,13,15H,12,14,24H2,1-3H3. The molecule has 1 unspecified atom stereocenters. The van der Waals surface area contributed by atoms with Crippen molar-refractivity contribution in [2.75, 3.05) is 20.0 Å². The maximum absolute atomic E-state index is 13.0. The summed E-state index contributed by atoms with van der Waals surface area (Å²) < 4.78 is 11.6. The molecule has 7 nitrogen and oxygen atoms in total. The zero-order valence-corrected chi connectivity index (χ0v) is 17.3. The number of carbonyl (C=O) groups is 1. The van der Waals surface area contributed by atoms with Crippen LogP contribution in [0.4, 0.5) is 5.69 Å². The topological polar surface area (TPSA) is 96.4 Å². The highest BCUT2D eigenvalue weighted by Gasteiger charge is 2.13. The fourth-order valence-electron chi connectivity index (χ4n) is 3.23. The number of methoxy groups -OCH3 is 2. The van der Waals surface area contributed by atoms with E-state index in [0.29, 0.717) is 35.7 Å². The second kappa shape index (κ2) is 9.26. The molecule has 3 aromatic rings. The Labute approximate surface area is 175 Å². The molecule has 0 spiro atoms. The number of hydrogen-bond donors (Lipinski definition) is 1. The van der Waals surface area contributed by atoms with Crippen LogP contribution in [0.2, 0.25) is 0 Å². The van der Waals surface area contributed by atoms with Crippen LogP contribution < -0.4 is 16.0 Å². The summed E-state index contributed by atoms with van der Waals surface area (Å²) in [5.41, 5.74) is 9.15. The Balaban J connectivity index is 1.82. The molecule has 2 N–H and O–H groups in total. The van der Waals surface area contributed by atoms with Gasteiger partial charge in [0.25, 0.3) is 5.56 Å². The summed E-state index contributed by atoms with van der Waals surface area (Å²) in [7, 11) is 2.92. The normalized spacial score (nSPS) is 11.7. The molecule has 3 rings (SSSR count). The molecule has 156 valence electrons. The summed E-state index contributed by atoms with van der Waals surface area (Å²) in [6, 6.07) is 13.0. The van der Waals surface area contributed by atoms with E-state index in [2.05, 4.69) is 4.98 Å². The number of benzene rings is 2. The molecule has 1 aromatic heterocycles. The molecule has 2 aromatic carbocycles. The predicted octanol–water partition coefficient (Wildman–Crippen LogP) is 3.22. The third-order valence-electron chi connectivity index (χ3n) is 5.02. The minimum atomic E-state index is -0.234. The van der Waals surface area contributed by atoms with Gasteiger partial charge in [-0.3, -0.25) is 9.59 Å². The molecule has 0 aliphatic heterocycles. The number of rotatable bonds is 7. The molecule has 1 heterocycles. The number of esters is 1. The number of aromatic nitrogens is 2. The minimum Gasteiger partial charge on any atom is -0.495 e. The van der Waals surface area contributed by atoms with E-state index in [1.165, 1.54) is 14.2 Å². The van der Waals surface area contributed by atoms with Gasteiger partial charge in [-0.25, -0.2) is 4.98 Å². The molecule has 7 heteroatoms. The van der Waals surface area contributed by atoms with Crippen molar-refractivity contribution in [3.8, 4) is 17.0 Å². The van der Waals surface area contributed by atoms with Crippen molar-refractivity contribution >= 4 is 11.7 Å². The van der Waals surface area contributed by atoms with Gasteiger partial charge in [0, 0.05) is 18.0 Å². The molecule has 0 saturated carbocycles. The molecule has 0 aliphatic carbocycles. The maximum atomic E-state index is 13.0. The predicted molar refractivity (Wildman–Crippen MR) is 115 cm³/mol. The van der Waals surface area contributed by atoms with E-state index in [9.17, 15) is 9.59 Å². The zero-order valence-electron chi connectivity index (χ0n) is 17.3. The van der Waals surface area contributed by atoms with Gasteiger partial charge in [-0.15, -0.1) is 0 Å². The Morgan fingerprint density at radius 2 is 1.90 bits per heavy atom. The van der Waals surface area contributed by atoms with E-state index in [0.717, 1.165) is 11.1 Å². The van der Waals surface area contributed by atoms with Gasteiger partial charge in [-0.1, -0.05) is 37.3 Å². The molecule has 0 amide bonds. The fraction of sp³-hybridized carbons (Fsp3) is 0.261. The first-order valence-electron chi connectivity index (χ1n) is 9.58. The highest BCUT2D eigenvalue weighted by molar-refractivity contribution is 5.70. The maximum Gasteiger partial charge on any atom is 0.306 e. The first-order chi connectivity index (χ1) is 14.4. The van der Waals surface area contributed by atoms with Crippen molar-refractivity contribution in [1.29, 1.82) is 0 Å². The molecule has 30 heavy (non-hydrogen) atoms. The molecule has 0 aliphatic rings. The molecular formula is C23H25N3O4. The first-order valence-corrected chi connectivity index (χ1v) is 9.58. The summed E-state index contributed by atoms with van der Waals surface area (Å²) >= 11 is 0. The van der Waals surface area contributed by atoms with E-state index in [4.69, 9.17) is 15.2 Å². The number of nitrogens with two attached hydrogens (primary N) is 1. The summed E-state index contributed by atoms with van der Waals surface area (Å²) in [5.74, 6) is 0.324. The fourth-order valence-corrected chi connectivity index (χ4v) is 3.23. The van der Waals surface area contributed by atoms with Crippen LogP contribution in [-0.4, -0.2) is 29.7 Å². The van der Waals surface area contributed by atoms with Crippen LogP contribution in [0.1, 0.15) is 30.4 Å². The second-order valence-electron chi connectivity index (χ2n) is 7.09. The van der Waals surface area contributed by atoms with Crippen LogP contribution >= 0.6 is 0 Å². The lowest BCUT2D eigenvalue weighted by Gasteiger charge is -2.12. The zero-order chi connectivity index (χ0) is 21.7. The quantitative estimate of drug-likeness (QED) is 0.477. The molecule has 0 radical (unpaired) electrons. The highest BCUT2D eigenvalue weighted by Crippen LogP contribution is 2.26. The second-order valence-corrected chi connectivity index (χ2v) is 7.09. The SMILES string of the molecule is COC(=O)CC(C)c1ccc(Cn2ccnc(-c3ccc(N)c(OC)c3)c2=O)cc1. The lowest BCUT2D eigenvalue weighted by Crippen LogP contribution is -2.22. The molecule has 1 atom stereocenters. The lowest BCUT2D eigenvalue weighted by atomic mass is 9.97. The number of nitrogen functional groups attached to an aromatic ring is 1. The molecule has 0 fully saturated rings. The highest BCUT2D eigenvalue weighted by atomic mass is 16.5. The van der Waals surface area contributed by atoms with Crippen molar-refractivity contribution in [2.24, 2.45) is 0 Å². The van der Waals surface area contributed by atoms with Gasteiger partial charge in [0.2, 0.25) is 0 Å². The van der Waals surface area contributed by atoms with Crippen molar-refractivity contribution < 1.29 is 14.3 Å². The van der Waals surface area contributed by atoms with Crippen molar-refractivity contribution in [3.05, 3.63) is 76.3 Å². The Morgan fingerprint density at radius 1 is 1.17 bits per heavy atom. The van der Waals surface area contributed by atoms with E-state index in [1.807, 2.05) is 31.2 Å². The van der Waals surface area contributed by atoms with Crippen LogP contribution in [0.25, 0.3) is 11.3 Å². The summed E-state index contributed by atoms with van der Waals surface area (Å²) in [4.78, 5) is 28.7. The van der Waals surface area contributed by atoms with Gasteiger partial charge < -0.3 is 19.8 Å². The number of carbonyl (C=O) groups excluding carboxylic acids is 1. The lowest BCUT2D eigenvalue weighted by molar-refractivity contribution is -0.140. The van der Waals surface area contributed by atoms with Gasteiger partial charge in [-0.2, -0.15) is 0 Å². The average Bonchev–Trinajstić information content (AvgIpc) is 2.76. The van der Waals surface area contributed by atoms with Crippen molar-refractivity contribution in [2.45, 2.75) is 25.8 Å². The van der Waals surface area contributed by atoms with Crippen molar-refractivity contribution in [1.82, 2.24) is 9.55 Å². The van der Waals surface area contributed by atoms with Crippen molar-refractivity contribution in [3.63, 3.8) is 0 Å². The van der Waals surface area contributed by atoms with Gasteiger partial charge in [0.1, 0.15) is 11.4 Å². The summed E-state index contributed by atoms with van der Waals surface area (Å²) in [6.07, 6.45) is 3.59. The molecule has 0 bridgehead atoms. The van der Waals surface area contributed by atoms with Crippen LogP contribution in [0, 0.1) is 0 Å². The summed E-state index contributed by atoms with van der Waals surface area (Å²) in [5, 5.41) is 0. The van der Waals surface area contributed by atoms with E-state index in [1.54, 1.807) is 35.2 Å². The number of hydrogen-bond acceptors (Lipinski definition) is 6. The largest absolute Gasteiger partial charge is 0.495 e. The summed E-state index contributed by atoms with van der Waals surface area (Å²) in [6.45, 7) is 2.39. The van der Waals surface area contributed by atoms with Gasteiger partial charge in [0.15, 0.2) is 0 Å². The molecule has 0 saturated heterocycles. The van der Waals surface area contributed by atoms with E-state index >= 15 is 0 Å².